The largest absolute Gasteiger partial charge is 0.357 e. The quantitative estimate of drug-likeness (QED) is 0.227. The molecule has 32 heavy (non-hydrogen) atoms. The van der Waals surface area contributed by atoms with Crippen LogP contribution < -0.4 is 16.0 Å². The molecule has 1 amide bonds. The van der Waals surface area contributed by atoms with Gasteiger partial charge in [-0.2, -0.15) is 11.8 Å². The number of aliphatic imine (C=N–C) groups is 1. The lowest BCUT2D eigenvalue weighted by Gasteiger charge is -2.14. The van der Waals surface area contributed by atoms with Crippen LogP contribution in [0.4, 0.5) is 10.1 Å². The Morgan fingerprint density at radius 2 is 1.91 bits per heavy atom. The van der Waals surface area contributed by atoms with Crippen molar-refractivity contribution < 1.29 is 9.18 Å². The molecule has 0 spiro atoms. The molecule has 0 aromatic heterocycles. The summed E-state index contributed by atoms with van der Waals surface area (Å²) in [6, 6.07) is 12.6. The van der Waals surface area contributed by atoms with Crippen molar-refractivity contribution in [1.82, 2.24) is 15.5 Å². The molecule has 176 valence electrons. The van der Waals surface area contributed by atoms with Crippen molar-refractivity contribution in [1.29, 1.82) is 0 Å². The Morgan fingerprint density at radius 3 is 2.59 bits per heavy atom. The molecule has 0 aliphatic heterocycles. The van der Waals surface area contributed by atoms with Gasteiger partial charge in [-0.05, 0) is 68.2 Å². The van der Waals surface area contributed by atoms with Crippen LogP contribution in [-0.2, 0) is 23.6 Å². The molecule has 0 saturated heterocycles. The average Bonchev–Trinajstić information content (AvgIpc) is 2.71. The van der Waals surface area contributed by atoms with Gasteiger partial charge in [0.15, 0.2) is 5.96 Å². The summed E-state index contributed by atoms with van der Waals surface area (Å²) in [5.41, 5.74) is 3.78. The molecule has 0 saturated carbocycles. The molecule has 0 fully saturated rings. The number of guanidine groups is 1. The molecule has 6 nitrogen and oxygen atoms in total. The minimum atomic E-state index is -0.217. The van der Waals surface area contributed by atoms with E-state index in [2.05, 4.69) is 20.9 Å². The lowest BCUT2D eigenvalue weighted by molar-refractivity contribution is -0.116. The minimum Gasteiger partial charge on any atom is -0.357 e. The molecule has 2 aromatic carbocycles. The van der Waals surface area contributed by atoms with Crippen LogP contribution in [0.25, 0.3) is 0 Å². The van der Waals surface area contributed by atoms with Gasteiger partial charge in [0, 0.05) is 24.5 Å². The fourth-order valence-corrected chi connectivity index (χ4v) is 3.56. The highest BCUT2D eigenvalue weighted by Crippen LogP contribution is 2.17. The number of halogens is 2. The van der Waals surface area contributed by atoms with Gasteiger partial charge < -0.3 is 20.9 Å². The first-order valence-corrected chi connectivity index (χ1v) is 11.6. The number of benzene rings is 2. The first-order chi connectivity index (χ1) is 14.9. The molecule has 2 rings (SSSR count). The molecule has 9 heteroatoms. The fraction of sp³-hybridized carbons (Fsp3) is 0.391. The third kappa shape index (κ3) is 10.2. The van der Waals surface area contributed by atoms with E-state index in [0.29, 0.717) is 25.6 Å². The SMILES string of the molecule is CCNC(=NCc1cccc(NC(=O)CN(C)C)c1)NCc1ccc(F)cc1CSC.I. The molecule has 0 radical (unpaired) electrons. The summed E-state index contributed by atoms with van der Waals surface area (Å²) in [7, 11) is 3.71. The van der Waals surface area contributed by atoms with Crippen LogP contribution in [0.2, 0.25) is 0 Å². The summed E-state index contributed by atoms with van der Waals surface area (Å²) >= 11 is 1.67. The smallest absolute Gasteiger partial charge is 0.238 e. The van der Waals surface area contributed by atoms with E-state index < -0.39 is 0 Å². The van der Waals surface area contributed by atoms with Crippen LogP contribution in [0.3, 0.4) is 0 Å². The molecule has 0 bridgehead atoms. The van der Waals surface area contributed by atoms with Crippen molar-refractivity contribution >= 4 is 53.3 Å². The lowest BCUT2D eigenvalue weighted by atomic mass is 10.1. The minimum absolute atomic E-state index is 0. The summed E-state index contributed by atoms with van der Waals surface area (Å²) in [6.07, 6.45) is 2.00. The van der Waals surface area contributed by atoms with Gasteiger partial charge in [0.25, 0.3) is 0 Å². The van der Waals surface area contributed by atoms with E-state index in [1.54, 1.807) is 17.8 Å². The molecular formula is C23H33FIN5OS. The number of hydrogen-bond acceptors (Lipinski definition) is 4. The summed E-state index contributed by atoms with van der Waals surface area (Å²) in [6.45, 7) is 4.10. The van der Waals surface area contributed by atoms with Crippen molar-refractivity contribution in [2.45, 2.75) is 25.8 Å². The third-order valence-corrected chi connectivity index (χ3v) is 4.95. The highest BCUT2D eigenvalue weighted by molar-refractivity contribution is 14.0. The predicted octanol–water partition coefficient (Wildman–Crippen LogP) is 4.06. The van der Waals surface area contributed by atoms with E-state index in [1.807, 2.05) is 62.5 Å². The van der Waals surface area contributed by atoms with Gasteiger partial charge in [-0.1, -0.05) is 18.2 Å². The van der Waals surface area contributed by atoms with Gasteiger partial charge in [-0.15, -0.1) is 24.0 Å². The Kier molecular flexibility index (Phi) is 13.3. The monoisotopic (exact) mass is 573 g/mol. The maximum absolute atomic E-state index is 13.6. The van der Waals surface area contributed by atoms with E-state index in [4.69, 9.17) is 0 Å². The van der Waals surface area contributed by atoms with Gasteiger partial charge in [-0.3, -0.25) is 4.79 Å². The number of hydrogen-bond donors (Lipinski definition) is 3. The van der Waals surface area contributed by atoms with E-state index >= 15 is 0 Å². The van der Waals surface area contributed by atoms with E-state index in [9.17, 15) is 9.18 Å². The molecule has 2 aromatic rings. The van der Waals surface area contributed by atoms with Crippen molar-refractivity contribution in [2.24, 2.45) is 4.99 Å². The van der Waals surface area contributed by atoms with Crippen molar-refractivity contribution in [2.75, 3.05) is 38.8 Å². The van der Waals surface area contributed by atoms with Gasteiger partial charge in [-0.25, -0.2) is 9.38 Å². The second-order valence-corrected chi connectivity index (χ2v) is 8.25. The van der Waals surface area contributed by atoms with Crippen LogP contribution in [0, 0.1) is 5.82 Å². The Bertz CT molecular complexity index is 894. The van der Waals surface area contributed by atoms with E-state index in [1.165, 1.54) is 6.07 Å². The molecule has 0 aliphatic carbocycles. The molecule has 0 aliphatic rings. The summed E-state index contributed by atoms with van der Waals surface area (Å²) < 4.78 is 13.6. The second kappa shape index (κ2) is 15.1. The number of carbonyl (C=O) groups is 1. The van der Waals surface area contributed by atoms with Crippen LogP contribution in [0.1, 0.15) is 23.6 Å². The summed E-state index contributed by atoms with van der Waals surface area (Å²) in [4.78, 5) is 18.5. The highest BCUT2D eigenvalue weighted by atomic mass is 127. The maximum atomic E-state index is 13.6. The second-order valence-electron chi connectivity index (χ2n) is 7.38. The number of thioether (sulfide) groups is 1. The molecule has 3 N–H and O–H groups in total. The number of nitrogens with zero attached hydrogens (tertiary/aromatic N) is 2. The van der Waals surface area contributed by atoms with Crippen LogP contribution in [0.5, 0.6) is 0 Å². The Morgan fingerprint density at radius 1 is 1.12 bits per heavy atom. The maximum Gasteiger partial charge on any atom is 0.238 e. The zero-order valence-corrected chi connectivity index (χ0v) is 22.2. The van der Waals surface area contributed by atoms with Crippen LogP contribution in [0.15, 0.2) is 47.5 Å². The molecule has 0 heterocycles. The van der Waals surface area contributed by atoms with E-state index in [-0.39, 0.29) is 35.7 Å². The van der Waals surface area contributed by atoms with E-state index in [0.717, 1.165) is 34.7 Å². The fourth-order valence-electron chi connectivity index (χ4n) is 2.98. The standard InChI is InChI=1S/C23H32FN5OS.HI/c1-5-25-23(27-14-18-9-10-20(24)12-19(18)16-31-4)26-13-17-7-6-8-21(11-17)28-22(30)15-29(2)3;/h6-12H,5,13-16H2,1-4H3,(H,28,30)(H2,25,26,27);1H. The van der Waals surface area contributed by atoms with Gasteiger partial charge >= 0.3 is 0 Å². The average molecular weight is 574 g/mol. The first-order valence-electron chi connectivity index (χ1n) is 10.2. The zero-order chi connectivity index (χ0) is 22.6. The molecule has 0 atom stereocenters. The molecule has 0 unspecified atom stereocenters. The third-order valence-electron chi connectivity index (χ3n) is 4.35. The van der Waals surface area contributed by atoms with Gasteiger partial charge in [0.2, 0.25) is 5.91 Å². The zero-order valence-electron chi connectivity index (χ0n) is 19.1. The summed E-state index contributed by atoms with van der Waals surface area (Å²) in [5, 5.41) is 9.47. The first kappa shape index (κ1) is 28.2. The number of rotatable bonds is 10. The Balaban J connectivity index is 0.00000512. The van der Waals surface area contributed by atoms with Crippen LogP contribution >= 0.6 is 35.7 Å². The summed E-state index contributed by atoms with van der Waals surface area (Å²) in [5.74, 6) is 1.17. The van der Waals surface area contributed by atoms with Gasteiger partial charge in [0.1, 0.15) is 5.82 Å². The van der Waals surface area contributed by atoms with Crippen molar-refractivity contribution in [3.8, 4) is 0 Å². The Hall–Kier alpha value is -1.85. The van der Waals surface area contributed by atoms with Crippen molar-refractivity contribution in [3.63, 3.8) is 0 Å². The number of anilines is 1. The topological polar surface area (TPSA) is 68.8 Å². The number of carbonyl (C=O) groups excluding carboxylic acids is 1. The lowest BCUT2D eigenvalue weighted by Crippen LogP contribution is -2.37. The number of nitrogens with one attached hydrogen (secondary N) is 3. The highest BCUT2D eigenvalue weighted by Gasteiger charge is 2.07. The number of amides is 1. The molecular weight excluding hydrogens is 540 g/mol. The van der Waals surface area contributed by atoms with Crippen LogP contribution in [-0.4, -0.2) is 50.2 Å². The van der Waals surface area contributed by atoms with Crippen molar-refractivity contribution in [3.05, 3.63) is 65.0 Å². The number of likely N-dealkylation sites (N-methyl/N-ethyl adjacent to an activating group) is 1. The normalized spacial score (nSPS) is 11.1. The Labute approximate surface area is 211 Å². The van der Waals surface area contributed by atoms with Gasteiger partial charge in [0.05, 0.1) is 13.1 Å². The predicted molar refractivity (Wildman–Crippen MR) is 144 cm³/mol.